The quantitative estimate of drug-likeness (QED) is 0.703. The lowest BCUT2D eigenvalue weighted by molar-refractivity contribution is 0.108. The van der Waals surface area contributed by atoms with E-state index in [1.54, 1.807) is 0 Å². The molecule has 0 aromatic heterocycles. The van der Waals surface area contributed by atoms with E-state index in [9.17, 15) is 5.11 Å². The molecule has 0 unspecified atom stereocenters. The summed E-state index contributed by atoms with van der Waals surface area (Å²) in [6.45, 7) is 5.91. The van der Waals surface area contributed by atoms with Crippen LogP contribution in [0.3, 0.4) is 0 Å². The van der Waals surface area contributed by atoms with Crippen LogP contribution in [0.15, 0.2) is 0 Å². The fourth-order valence-electron chi connectivity index (χ4n) is 2.11. The number of aliphatic hydroxyl groups is 1. The second-order valence-electron chi connectivity index (χ2n) is 5.62. The summed E-state index contributed by atoms with van der Waals surface area (Å²) in [5.74, 6) is 0.716. The Balaban J connectivity index is 2.06. The summed E-state index contributed by atoms with van der Waals surface area (Å²) >= 11 is 0. The molecule has 1 aliphatic carbocycles. The fraction of sp³-hybridized carbons (Fsp3) is 0.923. The Bertz CT molecular complexity index is 237. The topological polar surface area (TPSA) is 56.0 Å². The van der Waals surface area contributed by atoms with E-state index in [0.717, 1.165) is 45.2 Å². The minimum atomic E-state index is -0.213. The third kappa shape index (κ3) is 4.96. The molecule has 0 heterocycles. The van der Waals surface area contributed by atoms with Crippen molar-refractivity contribution in [2.24, 2.45) is 11.3 Å². The van der Waals surface area contributed by atoms with Crippen molar-refractivity contribution in [3.05, 3.63) is 0 Å². The molecule has 2 N–H and O–H groups in total. The number of nitrogens with one attached hydrogen (secondary N) is 1. The van der Waals surface area contributed by atoms with Crippen molar-refractivity contribution >= 4 is 0 Å². The van der Waals surface area contributed by atoms with Crippen molar-refractivity contribution in [3.63, 3.8) is 0 Å². The van der Waals surface area contributed by atoms with Crippen LogP contribution in [0.2, 0.25) is 0 Å². The maximum Gasteiger partial charge on any atom is 0.0684 e. The van der Waals surface area contributed by atoms with E-state index < -0.39 is 0 Å². The summed E-state index contributed by atoms with van der Waals surface area (Å²) in [6, 6.07) is 2.31. The normalized spacial score (nSPS) is 26.4. The third-order valence-corrected chi connectivity index (χ3v) is 3.48. The minimum Gasteiger partial charge on any atom is -0.393 e. The smallest absolute Gasteiger partial charge is 0.0684 e. The van der Waals surface area contributed by atoms with E-state index in [1.807, 2.05) is 13.8 Å². The molecule has 0 aromatic rings. The lowest BCUT2D eigenvalue weighted by Crippen LogP contribution is -2.30. The molecule has 16 heavy (non-hydrogen) atoms. The number of rotatable bonds is 5. The predicted octanol–water partition coefficient (Wildman–Crippen LogP) is 2.07. The average Bonchev–Trinajstić information content (AvgIpc) is 2.27. The van der Waals surface area contributed by atoms with E-state index in [2.05, 4.69) is 11.4 Å². The van der Waals surface area contributed by atoms with Gasteiger partial charge in [-0.25, -0.2) is 0 Å². The molecule has 0 aliphatic heterocycles. The van der Waals surface area contributed by atoms with Gasteiger partial charge >= 0.3 is 0 Å². The molecule has 0 radical (unpaired) electrons. The summed E-state index contributed by atoms with van der Waals surface area (Å²) < 4.78 is 0. The van der Waals surface area contributed by atoms with Crippen molar-refractivity contribution in [2.45, 2.75) is 52.1 Å². The zero-order chi connectivity index (χ0) is 12.0. The van der Waals surface area contributed by atoms with Crippen LogP contribution in [0, 0.1) is 22.7 Å². The van der Waals surface area contributed by atoms with Gasteiger partial charge in [-0.05, 0) is 65.0 Å². The van der Waals surface area contributed by atoms with E-state index >= 15 is 0 Å². The largest absolute Gasteiger partial charge is 0.393 e. The van der Waals surface area contributed by atoms with Gasteiger partial charge in [0.2, 0.25) is 0 Å². The molecule has 0 bridgehead atoms. The highest BCUT2D eigenvalue weighted by molar-refractivity contribution is 4.91. The highest BCUT2D eigenvalue weighted by Gasteiger charge is 2.19. The second kappa shape index (κ2) is 6.22. The SMILES string of the molecule is CC(C)(C#N)CCNCC1CCC(O)CC1. The Labute approximate surface area is 98.8 Å². The lowest BCUT2D eigenvalue weighted by atomic mass is 9.87. The first-order valence-electron chi connectivity index (χ1n) is 6.33. The minimum absolute atomic E-state index is 0.0613. The number of aliphatic hydroxyl groups excluding tert-OH is 1. The first-order chi connectivity index (χ1) is 7.53. The van der Waals surface area contributed by atoms with Gasteiger partial charge < -0.3 is 10.4 Å². The van der Waals surface area contributed by atoms with Gasteiger partial charge in [0, 0.05) is 0 Å². The van der Waals surface area contributed by atoms with Crippen LogP contribution in [-0.2, 0) is 0 Å². The predicted molar refractivity (Wildman–Crippen MR) is 64.8 cm³/mol. The van der Waals surface area contributed by atoms with Crippen LogP contribution in [-0.4, -0.2) is 24.3 Å². The Morgan fingerprint density at radius 3 is 2.50 bits per heavy atom. The van der Waals surface area contributed by atoms with Crippen LogP contribution in [0.1, 0.15) is 46.0 Å². The summed E-state index contributed by atoms with van der Waals surface area (Å²) in [5.41, 5.74) is -0.213. The molecule has 1 rings (SSSR count). The van der Waals surface area contributed by atoms with E-state index in [-0.39, 0.29) is 11.5 Å². The molecule has 0 atom stereocenters. The van der Waals surface area contributed by atoms with E-state index in [4.69, 9.17) is 5.26 Å². The Morgan fingerprint density at radius 1 is 1.31 bits per heavy atom. The number of nitriles is 1. The standard InChI is InChI=1S/C13H24N2O/c1-13(2,10-14)7-8-15-9-11-3-5-12(16)6-4-11/h11-12,15-16H,3-9H2,1-2H3. The van der Waals surface area contributed by atoms with Crippen LogP contribution >= 0.6 is 0 Å². The summed E-state index contributed by atoms with van der Waals surface area (Å²) in [4.78, 5) is 0. The molecule has 1 fully saturated rings. The zero-order valence-corrected chi connectivity index (χ0v) is 10.5. The van der Waals surface area contributed by atoms with Gasteiger partial charge in [-0.2, -0.15) is 5.26 Å². The highest BCUT2D eigenvalue weighted by atomic mass is 16.3. The van der Waals surface area contributed by atoms with Crippen molar-refractivity contribution < 1.29 is 5.11 Å². The van der Waals surface area contributed by atoms with E-state index in [0.29, 0.717) is 5.92 Å². The summed E-state index contributed by atoms with van der Waals surface area (Å²) in [5, 5.41) is 21.7. The Kier molecular flexibility index (Phi) is 5.24. The van der Waals surface area contributed by atoms with Crippen molar-refractivity contribution in [3.8, 4) is 6.07 Å². The fourth-order valence-corrected chi connectivity index (χ4v) is 2.11. The van der Waals surface area contributed by atoms with E-state index in [1.165, 1.54) is 0 Å². The molecule has 0 aromatic carbocycles. The number of hydrogen-bond donors (Lipinski definition) is 2. The van der Waals surface area contributed by atoms with Gasteiger partial charge in [0.25, 0.3) is 0 Å². The molecular weight excluding hydrogens is 200 g/mol. The molecule has 3 nitrogen and oxygen atoms in total. The molecule has 0 saturated heterocycles. The average molecular weight is 224 g/mol. The second-order valence-corrected chi connectivity index (χ2v) is 5.62. The van der Waals surface area contributed by atoms with Crippen LogP contribution < -0.4 is 5.32 Å². The highest BCUT2D eigenvalue weighted by Crippen LogP contribution is 2.23. The molecule has 1 saturated carbocycles. The molecule has 1 aliphatic rings. The molecular formula is C13H24N2O. The van der Waals surface area contributed by atoms with Gasteiger partial charge in [-0.15, -0.1) is 0 Å². The first-order valence-corrected chi connectivity index (χ1v) is 6.33. The summed E-state index contributed by atoms with van der Waals surface area (Å²) in [7, 11) is 0. The summed E-state index contributed by atoms with van der Waals surface area (Å²) in [6.07, 6.45) is 5.02. The van der Waals surface area contributed by atoms with Crippen molar-refractivity contribution in [2.75, 3.05) is 13.1 Å². The van der Waals surface area contributed by atoms with Gasteiger partial charge in [0.05, 0.1) is 17.6 Å². The third-order valence-electron chi connectivity index (χ3n) is 3.48. The van der Waals surface area contributed by atoms with Crippen LogP contribution in [0.5, 0.6) is 0 Å². The van der Waals surface area contributed by atoms with Crippen LogP contribution in [0.25, 0.3) is 0 Å². The maximum atomic E-state index is 9.38. The van der Waals surface area contributed by atoms with Gasteiger partial charge in [-0.3, -0.25) is 0 Å². The first kappa shape index (κ1) is 13.5. The van der Waals surface area contributed by atoms with Gasteiger partial charge in [0.1, 0.15) is 0 Å². The van der Waals surface area contributed by atoms with Gasteiger partial charge in [-0.1, -0.05) is 0 Å². The number of hydrogen-bond acceptors (Lipinski definition) is 3. The number of nitrogens with zero attached hydrogens (tertiary/aromatic N) is 1. The van der Waals surface area contributed by atoms with Gasteiger partial charge in [0.15, 0.2) is 0 Å². The van der Waals surface area contributed by atoms with Crippen molar-refractivity contribution in [1.82, 2.24) is 5.32 Å². The maximum absolute atomic E-state index is 9.38. The molecule has 0 spiro atoms. The zero-order valence-electron chi connectivity index (χ0n) is 10.5. The molecule has 0 amide bonds. The van der Waals surface area contributed by atoms with Crippen LogP contribution in [0.4, 0.5) is 0 Å². The van der Waals surface area contributed by atoms with Crippen molar-refractivity contribution in [1.29, 1.82) is 5.26 Å². The Hall–Kier alpha value is -0.590. The monoisotopic (exact) mass is 224 g/mol. The molecule has 92 valence electrons. The molecule has 3 heteroatoms. The lowest BCUT2D eigenvalue weighted by Gasteiger charge is -2.26. The Morgan fingerprint density at radius 2 is 1.94 bits per heavy atom.